The number of hydrogen-bond donors (Lipinski definition) is 0. The molecule has 0 aliphatic rings. The molecule has 0 saturated carbocycles. The number of aromatic nitrogens is 1. The fourth-order valence-electron chi connectivity index (χ4n) is 1.94. The molecule has 0 amide bonds. The van der Waals surface area contributed by atoms with Crippen LogP contribution < -0.4 is 4.74 Å². The van der Waals surface area contributed by atoms with Crippen LogP contribution in [-0.2, 0) is 0 Å². The maximum absolute atomic E-state index is 11.9. The van der Waals surface area contributed by atoms with Gasteiger partial charge in [-0.25, -0.2) is 4.98 Å². The van der Waals surface area contributed by atoms with Crippen molar-refractivity contribution in [2.75, 3.05) is 7.11 Å². The summed E-state index contributed by atoms with van der Waals surface area (Å²) in [4.78, 5) is 16.2. The van der Waals surface area contributed by atoms with Crippen molar-refractivity contribution in [1.82, 2.24) is 4.98 Å². The van der Waals surface area contributed by atoms with Crippen LogP contribution in [0.25, 0.3) is 10.8 Å². The Hall–Kier alpha value is -1.90. The van der Waals surface area contributed by atoms with E-state index in [1.54, 1.807) is 7.11 Å². The molecule has 0 aliphatic heterocycles. The number of ketones is 1. The van der Waals surface area contributed by atoms with Crippen molar-refractivity contribution < 1.29 is 9.53 Å². The lowest BCUT2D eigenvalue weighted by Gasteiger charge is -2.09. The van der Waals surface area contributed by atoms with Gasteiger partial charge in [-0.2, -0.15) is 0 Å². The van der Waals surface area contributed by atoms with Crippen LogP contribution in [0.5, 0.6) is 5.75 Å². The lowest BCUT2D eigenvalue weighted by molar-refractivity contribution is 0.0985. The van der Waals surface area contributed by atoms with E-state index in [1.807, 2.05) is 38.1 Å². The first kappa shape index (κ1) is 11.6. The van der Waals surface area contributed by atoms with Gasteiger partial charge in [0.15, 0.2) is 5.78 Å². The number of fused-ring (bicyclic) bond motifs is 1. The largest absolute Gasteiger partial charge is 0.496 e. The van der Waals surface area contributed by atoms with Crippen molar-refractivity contribution >= 4 is 16.6 Å². The van der Waals surface area contributed by atoms with Gasteiger partial charge in [0.2, 0.25) is 0 Å². The molecule has 0 N–H and O–H groups in total. The van der Waals surface area contributed by atoms with E-state index in [4.69, 9.17) is 4.74 Å². The summed E-state index contributed by atoms with van der Waals surface area (Å²) in [7, 11) is 1.63. The molecule has 0 spiro atoms. The van der Waals surface area contributed by atoms with Crippen LogP contribution in [-0.4, -0.2) is 17.9 Å². The Kier molecular flexibility index (Phi) is 3.09. The Balaban J connectivity index is 2.81. The summed E-state index contributed by atoms with van der Waals surface area (Å²) >= 11 is 0. The van der Waals surface area contributed by atoms with Crippen LogP contribution in [0, 0.1) is 6.92 Å². The van der Waals surface area contributed by atoms with Gasteiger partial charge in [-0.15, -0.1) is 0 Å². The van der Waals surface area contributed by atoms with Crippen molar-refractivity contribution in [2.45, 2.75) is 20.3 Å². The molecular formula is C14H15NO2. The van der Waals surface area contributed by atoms with Gasteiger partial charge in [0.25, 0.3) is 0 Å². The Morgan fingerprint density at radius 3 is 2.76 bits per heavy atom. The van der Waals surface area contributed by atoms with E-state index in [-0.39, 0.29) is 5.78 Å². The van der Waals surface area contributed by atoms with Gasteiger partial charge < -0.3 is 4.74 Å². The lowest BCUT2D eigenvalue weighted by Crippen LogP contribution is -2.03. The minimum Gasteiger partial charge on any atom is -0.496 e. The van der Waals surface area contributed by atoms with E-state index >= 15 is 0 Å². The quantitative estimate of drug-likeness (QED) is 0.759. The molecule has 1 aromatic carbocycles. The zero-order valence-corrected chi connectivity index (χ0v) is 10.3. The van der Waals surface area contributed by atoms with Crippen molar-refractivity contribution in [1.29, 1.82) is 0 Å². The van der Waals surface area contributed by atoms with Crippen LogP contribution in [0.2, 0.25) is 0 Å². The fourth-order valence-corrected chi connectivity index (χ4v) is 1.94. The van der Waals surface area contributed by atoms with Crippen LogP contribution in [0.1, 0.15) is 29.5 Å². The molecule has 0 atom stereocenters. The van der Waals surface area contributed by atoms with Gasteiger partial charge >= 0.3 is 0 Å². The first-order valence-corrected chi connectivity index (χ1v) is 5.65. The number of ether oxygens (including phenoxy) is 1. The monoisotopic (exact) mass is 229 g/mol. The standard InChI is InChI=1S/C14H15NO2/c1-4-12(16)14-10-6-5-7-13(17-3)11(10)8-9(2)15-14/h5-8H,4H2,1-3H3. The molecule has 0 fully saturated rings. The number of hydrogen-bond acceptors (Lipinski definition) is 3. The van der Waals surface area contributed by atoms with Gasteiger partial charge in [-0.1, -0.05) is 19.1 Å². The molecule has 2 aromatic rings. The van der Waals surface area contributed by atoms with Crippen molar-refractivity contribution in [3.8, 4) is 5.75 Å². The van der Waals surface area contributed by atoms with Gasteiger partial charge in [0.05, 0.1) is 7.11 Å². The van der Waals surface area contributed by atoms with Gasteiger partial charge in [-0.05, 0) is 19.1 Å². The number of benzene rings is 1. The number of nitrogens with zero attached hydrogens (tertiary/aromatic N) is 1. The lowest BCUT2D eigenvalue weighted by atomic mass is 10.0. The molecule has 0 unspecified atom stereocenters. The van der Waals surface area contributed by atoms with E-state index in [9.17, 15) is 4.79 Å². The van der Waals surface area contributed by atoms with Crippen LogP contribution in [0.3, 0.4) is 0 Å². The van der Waals surface area contributed by atoms with Crippen molar-refractivity contribution in [3.63, 3.8) is 0 Å². The number of methoxy groups -OCH3 is 1. The SMILES string of the molecule is CCC(=O)c1nc(C)cc2c(OC)cccc12. The molecule has 17 heavy (non-hydrogen) atoms. The maximum atomic E-state index is 11.9. The molecule has 0 bridgehead atoms. The number of carbonyl (C=O) groups is 1. The average molecular weight is 229 g/mol. The van der Waals surface area contributed by atoms with E-state index < -0.39 is 0 Å². The van der Waals surface area contributed by atoms with Crippen LogP contribution in [0.4, 0.5) is 0 Å². The summed E-state index contributed by atoms with van der Waals surface area (Å²) < 4.78 is 5.31. The minimum absolute atomic E-state index is 0.0620. The Morgan fingerprint density at radius 1 is 1.35 bits per heavy atom. The third-order valence-electron chi connectivity index (χ3n) is 2.77. The third-order valence-corrected chi connectivity index (χ3v) is 2.77. The zero-order chi connectivity index (χ0) is 12.4. The smallest absolute Gasteiger partial charge is 0.181 e. The number of pyridine rings is 1. The second-order valence-electron chi connectivity index (χ2n) is 3.94. The topological polar surface area (TPSA) is 39.2 Å². The van der Waals surface area contributed by atoms with E-state index in [1.165, 1.54) is 0 Å². The normalized spacial score (nSPS) is 10.5. The predicted octanol–water partition coefficient (Wildman–Crippen LogP) is 3.14. The summed E-state index contributed by atoms with van der Waals surface area (Å²) in [5, 5.41) is 1.81. The Morgan fingerprint density at radius 2 is 2.12 bits per heavy atom. The molecule has 2 rings (SSSR count). The van der Waals surface area contributed by atoms with E-state index in [0.717, 1.165) is 22.2 Å². The molecule has 0 aliphatic carbocycles. The molecule has 1 heterocycles. The fraction of sp³-hybridized carbons (Fsp3) is 0.286. The average Bonchev–Trinajstić information content (AvgIpc) is 2.36. The highest BCUT2D eigenvalue weighted by molar-refractivity contribution is 6.07. The highest BCUT2D eigenvalue weighted by Gasteiger charge is 2.13. The molecule has 3 heteroatoms. The van der Waals surface area contributed by atoms with Gasteiger partial charge in [0, 0.05) is 22.9 Å². The summed E-state index contributed by atoms with van der Waals surface area (Å²) in [5.74, 6) is 0.838. The predicted molar refractivity (Wildman–Crippen MR) is 67.7 cm³/mol. The third kappa shape index (κ3) is 2.00. The summed E-state index contributed by atoms with van der Waals surface area (Å²) in [6.45, 7) is 3.73. The minimum atomic E-state index is 0.0620. The molecule has 0 saturated heterocycles. The number of aryl methyl sites for hydroxylation is 1. The molecule has 0 radical (unpaired) electrons. The van der Waals surface area contributed by atoms with Gasteiger partial charge in [0.1, 0.15) is 11.4 Å². The first-order valence-electron chi connectivity index (χ1n) is 5.65. The van der Waals surface area contributed by atoms with Crippen LogP contribution in [0.15, 0.2) is 24.3 Å². The maximum Gasteiger partial charge on any atom is 0.181 e. The molecule has 1 aromatic heterocycles. The molecule has 88 valence electrons. The Bertz CT molecular complexity index is 576. The highest BCUT2D eigenvalue weighted by atomic mass is 16.5. The van der Waals surface area contributed by atoms with Crippen LogP contribution >= 0.6 is 0 Å². The van der Waals surface area contributed by atoms with Crippen molar-refractivity contribution in [3.05, 3.63) is 35.7 Å². The molecule has 3 nitrogen and oxygen atoms in total. The number of carbonyl (C=O) groups excluding carboxylic acids is 1. The molecular weight excluding hydrogens is 214 g/mol. The van der Waals surface area contributed by atoms with E-state index in [0.29, 0.717) is 12.1 Å². The second kappa shape index (κ2) is 4.53. The Labute approximate surface area is 100 Å². The first-order chi connectivity index (χ1) is 8.17. The zero-order valence-electron chi connectivity index (χ0n) is 10.3. The summed E-state index contributed by atoms with van der Waals surface area (Å²) in [6, 6.07) is 7.63. The van der Waals surface area contributed by atoms with Gasteiger partial charge in [-0.3, -0.25) is 4.79 Å². The van der Waals surface area contributed by atoms with Crippen molar-refractivity contribution in [2.24, 2.45) is 0 Å². The second-order valence-corrected chi connectivity index (χ2v) is 3.94. The highest BCUT2D eigenvalue weighted by Crippen LogP contribution is 2.28. The van der Waals surface area contributed by atoms with E-state index in [2.05, 4.69) is 4.98 Å². The number of Topliss-reactive ketones (excluding diaryl/α,β-unsaturated/α-hetero) is 1. The number of rotatable bonds is 3. The summed E-state index contributed by atoms with van der Waals surface area (Å²) in [5.41, 5.74) is 1.38. The summed E-state index contributed by atoms with van der Waals surface area (Å²) in [6.07, 6.45) is 0.461.